The number of aromatic amines is 1. The molecule has 1 amide bonds. The molecular weight excluding hydrogens is 315 g/mol. The van der Waals surface area contributed by atoms with Crippen molar-refractivity contribution in [3.63, 3.8) is 0 Å². The van der Waals surface area contributed by atoms with Crippen molar-refractivity contribution in [1.82, 2.24) is 9.88 Å². The van der Waals surface area contributed by atoms with Gasteiger partial charge < -0.3 is 9.88 Å². The van der Waals surface area contributed by atoms with Gasteiger partial charge in [0.05, 0.1) is 0 Å². The van der Waals surface area contributed by atoms with Gasteiger partial charge in [-0.05, 0) is 48.6 Å². The second kappa shape index (κ2) is 5.49. The Morgan fingerprint density at radius 2 is 1.96 bits per heavy atom. The number of nitrogens with one attached hydrogen (secondary N) is 1. The van der Waals surface area contributed by atoms with Crippen LogP contribution in [0, 0.1) is 18.2 Å². The van der Waals surface area contributed by atoms with Gasteiger partial charge in [0.1, 0.15) is 11.4 Å². The van der Waals surface area contributed by atoms with Crippen LogP contribution in [0.2, 0.25) is 0 Å². The third-order valence-corrected chi connectivity index (χ3v) is 5.20. The summed E-state index contributed by atoms with van der Waals surface area (Å²) < 4.78 is 13.4. The van der Waals surface area contributed by atoms with Crippen molar-refractivity contribution in [3.8, 4) is 12.3 Å². The molecule has 2 heterocycles. The summed E-state index contributed by atoms with van der Waals surface area (Å²) in [5, 5.41) is 1.15. The van der Waals surface area contributed by atoms with E-state index in [4.69, 9.17) is 6.42 Å². The highest BCUT2D eigenvalue weighted by Gasteiger charge is 2.44. The average Bonchev–Trinajstić information content (AvgIpc) is 3.02. The molecule has 2 aromatic carbocycles. The van der Waals surface area contributed by atoms with E-state index >= 15 is 0 Å². The number of amides is 1. The van der Waals surface area contributed by atoms with Crippen LogP contribution in [-0.2, 0) is 16.8 Å². The molecule has 1 aromatic heterocycles. The van der Waals surface area contributed by atoms with E-state index in [0.717, 1.165) is 28.6 Å². The number of halogens is 1. The highest BCUT2D eigenvalue weighted by atomic mass is 19.1. The molecule has 0 saturated carbocycles. The zero-order valence-corrected chi connectivity index (χ0v) is 13.8. The minimum Gasteiger partial charge on any atom is -0.356 e. The number of hydrogen-bond acceptors (Lipinski definition) is 1. The molecule has 25 heavy (non-hydrogen) atoms. The zero-order chi connectivity index (χ0) is 17.6. The van der Waals surface area contributed by atoms with Crippen LogP contribution in [-0.4, -0.2) is 22.3 Å². The van der Waals surface area contributed by atoms with Crippen molar-refractivity contribution in [2.24, 2.45) is 0 Å². The summed E-state index contributed by atoms with van der Waals surface area (Å²) in [4.78, 5) is 17.6. The van der Waals surface area contributed by atoms with E-state index in [2.05, 4.69) is 17.0 Å². The number of para-hydroxylation sites is 1. The third-order valence-electron chi connectivity index (χ3n) is 5.20. The molecule has 0 bridgehead atoms. The van der Waals surface area contributed by atoms with Crippen LogP contribution in [0.1, 0.15) is 23.7 Å². The van der Waals surface area contributed by atoms with Gasteiger partial charge in [-0.25, -0.2) is 4.39 Å². The first-order chi connectivity index (χ1) is 12.1. The second-order valence-electron chi connectivity index (χ2n) is 6.45. The Balaban J connectivity index is 2.01. The Morgan fingerprint density at radius 1 is 1.24 bits per heavy atom. The number of carbonyl (C=O) groups is 1. The number of benzene rings is 2. The van der Waals surface area contributed by atoms with Crippen LogP contribution < -0.4 is 0 Å². The van der Waals surface area contributed by atoms with Gasteiger partial charge in [-0.3, -0.25) is 4.79 Å². The lowest BCUT2D eigenvalue weighted by atomic mass is 9.80. The van der Waals surface area contributed by atoms with Crippen molar-refractivity contribution in [2.45, 2.75) is 18.9 Å². The van der Waals surface area contributed by atoms with Crippen molar-refractivity contribution in [1.29, 1.82) is 0 Å². The fourth-order valence-corrected chi connectivity index (χ4v) is 3.91. The number of terminal acetylenes is 1. The highest BCUT2D eigenvalue weighted by molar-refractivity contribution is 5.95. The quantitative estimate of drug-likeness (QED) is 0.679. The van der Waals surface area contributed by atoms with Gasteiger partial charge in [-0.2, -0.15) is 0 Å². The fourth-order valence-electron chi connectivity index (χ4n) is 3.91. The highest BCUT2D eigenvalue weighted by Crippen LogP contribution is 2.43. The molecule has 3 aromatic rings. The standard InChI is InChI=1S/C21H17FN2O/c1-3-19(25)24-13-12-17-16-6-4-5-7-18(16)23-20(17)21(24,2)14-8-10-15(22)11-9-14/h1,4-11,23H,12-13H2,2H3. The maximum atomic E-state index is 13.4. The smallest absolute Gasteiger partial charge is 0.299 e. The summed E-state index contributed by atoms with van der Waals surface area (Å²) in [6.07, 6.45) is 6.14. The van der Waals surface area contributed by atoms with Crippen LogP contribution in [0.25, 0.3) is 10.9 Å². The largest absolute Gasteiger partial charge is 0.356 e. The van der Waals surface area contributed by atoms with E-state index in [9.17, 15) is 9.18 Å². The summed E-state index contributed by atoms with van der Waals surface area (Å²) in [5.41, 5.74) is 3.20. The molecule has 1 unspecified atom stereocenters. The van der Waals surface area contributed by atoms with Gasteiger partial charge in [0.25, 0.3) is 5.91 Å². The normalized spacial score (nSPS) is 19.5. The number of H-pyrrole nitrogens is 1. The summed E-state index contributed by atoms with van der Waals surface area (Å²) in [6, 6.07) is 14.3. The van der Waals surface area contributed by atoms with Crippen molar-refractivity contribution in [2.75, 3.05) is 6.54 Å². The predicted octanol–water partition coefficient (Wildman–Crippen LogP) is 3.59. The van der Waals surface area contributed by atoms with Crippen LogP contribution >= 0.6 is 0 Å². The number of hydrogen-bond donors (Lipinski definition) is 1. The van der Waals surface area contributed by atoms with E-state index in [1.807, 2.05) is 25.1 Å². The molecule has 4 heteroatoms. The number of rotatable bonds is 1. The molecule has 1 aliphatic rings. The van der Waals surface area contributed by atoms with Crippen LogP contribution in [0.3, 0.4) is 0 Å². The molecule has 0 saturated heterocycles. The number of carbonyl (C=O) groups excluding carboxylic acids is 1. The molecule has 0 fully saturated rings. The topological polar surface area (TPSA) is 36.1 Å². The third kappa shape index (κ3) is 2.16. The minimum atomic E-state index is -0.774. The van der Waals surface area contributed by atoms with Crippen molar-refractivity contribution < 1.29 is 9.18 Å². The number of fused-ring (bicyclic) bond motifs is 3. The Bertz CT molecular complexity index is 1010. The molecule has 0 radical (unpaired) electrons. The lowest BCUT2D eigenvalue weighted by molar-refractivity contribution is -0.130. The average molecular weight is 332 g/mol. The lowest BCUT2D eigenvalue weighted by Gasteiger charge is -2.44. The van der Waals surface area contributed by atoms with E-state index in [0.29, 0.717) is 6.54 Å². The Kier molecular flexibility index (Phi) is 3.40. The molecule has 1 atom stereocenters. The molecule has 0 aliphatic carbocycles. The molecule has 3 nitrogen and oxygen atoms in total. The van der Waals surface area contributed by atoms with Crippen LogP contribution in [0.5, 0.6) is 0 Å². The minimum absolute atomic E-state index is 0.310. The van der Waals surface area contributed by atoms with Crippen molar-refractivity contribution in [3.05, 3.63) is 71.2 Å². The number of aromatic nitrogens is 1. The monoisotopic (exact) mass is 332 g/mol. The molecule has 124 valence electrons. The number of nitrogens with zero attached hydrogens (tertiary/aromatic N) is 1. The fraction of sp³-hybridized carbons (Fsp3) is 0.190. The molecule has 0 spiro atoms. The van der Waals surface area contributed by atoms with Gasteiger partial charge in [-0.15, -0.1) is 6.42 Å². The van der Waals surface area contributed by atoms with Crippen molar-refractivity contribution >= 4 is 16.8 Å². The van der Waals surface area contributed by atoms with Gasteiger partial charge in [0.15, 0.2) is 0 Å². The zero-order valence-electron chi connectivity index (χ0n) is 13.8. The summed E-state index contributed by atoms with van der Waals surface area (Å²) in [5.74, 6) is 1.56. The van der Waals surface area contributed by atoms with Gasteiger partial charge >= 0.3 is 0 Å². The van der Waals surface area contributed by atoms with Crippen LogP contribution in [0.15, 0.2) is 48.5 Å². The molecule has 1 N–H and O–H groups in total. The maximum Gasteiger partial charge on any atom is 0.299 e. The molecule has 1 aliphatic heterocycles. The Morgan fingerprint density at radius 3 is 2.68 bits per heavy atom. The summed E-state index contributed by atoms with van der Waals surface area (Å²) in [7, 11) is 0. The van der Waals surface area contributed by atoms with E-state index in [-0.39, 0.29) is 11.7 Å². The van der Waals surface area contributed by atoms with Gasteiger partial charge in [-0.1, -0.05) is 30.3 Å². The summed E-state index contributed by atoms with van der Waals surface area (Å²) >= 11 is 0. The lowest BCUT2D eigenvalue weighted by Crippen LogP contribution is -2.52. The molecule has 4 rings (SSSR count). The van der Waals surface area contributed by atoms with Gasteiger partial charge in [0.2, 0.25) is 0 Å². The van der Waals surface area contributed by atoms with E-state index < -0.39 is 5.54 Å². The summed E-state index contributed by atoms with van der Waals surface area (Å²) in [6.45, 7) is 2.48. The van der Waals surface area contributed by atoms with Gasteiger partial charge in [0, 0.05) is 23.1 Å². The second-order valence-corrected chi connectivity index (χ2v) is 6.45. The predicted molar refractivity (Wildman–Crippen MR) is 95.4 cm³/mol. The van der Waals surface area contributed by atoms with Crippen LogP contribution in [0.4, 0.5) is 4.39 Å². The molecular formula is C21H17FN2O. The van der Waals surface area contributed by atoms with E-state index in [1.54, 1.807) is 17.0 Å². The Labute approximate surface area is 145 Å². The van der Waals surface area contributed by atoms with E-state index in [1.165, 1.54) is 17.7 Å². The SMILES string of the molecule is C#CC(=O)N1CCc2c([nH]c3ccccc23)C1(C)c1ccc(F)cc1. The maximum absolute atomic E-state index is 13.4. The Hall–Kier alpha value is -3.06. The first kappa shape index (κ1) is 15.5. The first-order valence-electron chi connectivity index (χ1n) is 8.20. The first-order valence-corrected chi connectivity index (χ1v) is 8.20.